The van der Waals surface area contributed by atoms with Crippen molar-refractivity contribution in [2.45, 2.75) is 6.42 Å². The molecule has 0 bridgehead atoms. The van der Waals surface area contributed by atoms with Crippen LogP contribution in [0, 0.1) is 10.1 Å². The molecule has 2 rings (SSSR count). The van der Waals surface area contributed by atoms with Gasteiger partial charge in [-0.25, -0.2) is 0 Å². The highest BCUT2D eigenvalue weighted by atomic mass is 35.5. The average molecular weight is 379 g/mol. The number of halogens is 1. The smallest absolute Gasteiger partial charge is 0.310 e. The fourth-order valence-electron chi connectivity index (χ4n) is 2.08. The number of benzene rings is 2. The summed E-state index contributed by atoms with van der Waals surface area (Å²) in [7, 11) is 1.37. The van der Waals surface area contributed by atoms with Gasteiger partial charge in [-0.3, -0.25) is 19.7 Å². The third kappa shape index (κ3) is 5.18. The number of nitro groups is 1. The number of ether oxygens (including phenoxy) is 2. The molecular formula is C17H15ClN2O6. The number of methoxy groups -OCH3 is 1. The zero-order chi connectivity index (χ0) is 19.1. The molecule has 0 saturated carbocycles. The zero-order valence-corrected chi connectivity index (χ0v) is 14.5. The van der Waals surface area contributed by atoms with Gasteiger partial charge in [-0.15, -0.1) is 0 Å². The van der Waals surface area contributed by atoms with Crippen LogP contribution in [0.1, 0.15) is 5.56 Å². The number of rotatable bonds is 7. The number of hydrogen-bond acceptors (Lipinski definition) is 6. The number of nitrogens with zero attached hydrogens (tertiary/aromatic N) is 1. The number of hydrogen-bond donors (Lipinski definition) is 1. The minimum Gasteiger partial charge on any atom is -0.496 e. The van der Waals surface area contributed by atoms with Gasteiger partial charge < -0.3 is 14.8 Å². The molecule has 2 aromatic rings. The van der Waals surface area contributed by atoms with Gasteiger partial charge in [-0.05, 0) is 23.8 Å². The van der Waals surface area contributed by atoms with Crippen molar-refractivity contribution >= 4 is 34.9 Å². The van der Waals surface area contributed by atoms with E-state index in [0.29, 0.717) is 10.6 Å². The number of amides is 1. The van der Waals surface area contributed by atoms with Crippen molar-refractivity contribution < 1.29 is 24.0 Å². The van der Waals surface area contributed by atoms with Crippen LogP contribution >= 0.6 is 11.6 Å². The van der Waals surface area contributed by atoms with Gasteiger partial charge in [0.25, 0.3) is 11.6 Å². The number of carbonyl (C=O) groups is 2. The highest BCUT2D eigenvalue weighted by Crippen LogP contribution is 2.28. The van der Waals surface area contributed by atoms with Crippen molar-refractivity contribution in [2.24, 2.45) is 0 Å². The van der Waals surface area contributed by atoms with E-state index in [2.05, 4.69) is 5.32 Å². The molecule has 0 aliphatic rings. The van der Waals surface area contributed by atoms with E-state index in [1.165, 1.54) is 25.3 Å². The van der Waals surface area contributed by atoms with E-state index in [0.717, 1.165) is 0 Å². The van der Waals surface area contributed by atoms with Crippen molar-refractivity contribution in [3.63, 3.8) is 0 Å². The molecule has 0 radical (unpaired) electrons. The Kier molecular flexibility index (Phi) is 6.51. The molecule has 0 aliphatic heterocycles. The summed E-state index contributed by atoms with van der Waals surface area (Å²) in [6, 6.07) is 10.7. The van der Waals surface area contributed by atoms with Crippen LogP contribution in [0.3, 0.4) is 0 Å². The third-order valence-corrected chi connectivity index (χ3v) is 3.70. The van der Waals surface area contributed by atoms with Gasteiger partial charge in [0, 0.05) is 5.02 Å². The number of nitrogens with one attached hydrogen (secondary N) is 1. The van der Waals surface area contributed by atoms with E-state index in [1.54, 1.807) is 24.3 Å². The number of esters is 1. The van der Waals surface area contributed by atoms with Gasteiger partial charge in [0.2, 0.25) is 0 Å². The van der Waals surface area contributed by atoms with Crippen LogP contribution < -0.4 is 10.1 Å². The van der Waals surface area contributed by atoms with Crippen molar-refractivity contribution in [3.8, 4) is 5.75 Å². The number of carbonyl (C=O) groups excluding carboxylic acids is 2. The Hall–Kier alpha value is -3.13. The second-order valence-electron chi connectivity index (χ2n) is 5.12. The summed E-state index contributed by atoms with van der Waals surface area (Å²) in [5.74, 6) is -1.07. The minimum atomic E-state index is -0.703. The van der Waals surface area contributed by atoms with Crippen molar-refractivity contribution in [3.05, 3.63) is 63.2 Å². The van der Waals surface area contributed by atoms with Gasteiger partial charge in [0.05, 0.1) is 24.5 Å². The van der Waals surface area contributed by atoms with Crippen LogP contribution in [-0.4, -0.2) is 30.5 Å². The lowest BCUT2D eigenvalue weighted by atomic mass is 10.1. The Balaban J connectivity index is 1.94. The third-order valence-electron chi connectivity index (χ3n) is 3.33. The lowest BCUT2D eigenvalue weighted by Crippen LogP contribution is -2.22. The second kappa shape index (κ2) is 8.82. The Morgan fingerprint density at radius 3 is 2.62 bits per heavy atom. The minimum absolute atomic E-state index is 0.0250. The molecule has 0 aromatic heterocycles. The molecule has 0 atom stereocenters. The monoisotopic (exact) mass is 378 g/mol. The maximum Gasteiger partial charge on any atom is 0.310 e. The normalized spacial score (nSPS) is 10.1. The lowest BCUT2D eigenvalue weighted by Gasteiger charge is -2.08. The Bertz CT molecular complexity index is 840. The first kappa shape index (κ1) is 19.2. The summed E-state index contributed by atoms with van der Waals surface area (Å²) in [6.45, 7) is -0.577. The predicted octanol–water partition coefficient (Wildman–Crippen LogP) is 2.98. The molecule has 1 amide bonds. The van der Waals surface area contributed by atoms with Crippen LogP contribution in [0.15, 0.2) is 42.5 Å². The molecule has 0 fully saturated rings. The number of nitro benzene ring substituents is 1. The van der Waals surface area contributed by atoms with Gasteiger partial charge in [-0.1, -0.05) is 29.8 Å². The average Bonchev–Trinajstić information content (AvgIpc) is 2.62. The van der Waals surface area contributed by atoms with Crippen molar-refractivity contribution in [2.75, 3.05) is 19.0 Å². The Morgan fingerprint density at radius 1 is 1.23 bits per heavy atom. The first-order valence-electron chi connectivity index (χ1n) is 7.42. The molecule has 0 unspecified atom stereocenters. The van der Waals surface area contributed by atoms with Crippen molar-refractivity contribution in [1.29, 1.82) is 0 Å². The fraction of sp³-hybridized carbons (Fsp3) is 0.176. The van der Waals surface area contributed by atoms with Crippen LogP contribution in [-0.2, 0) is 20.7 Å². The summed E-state index contributed by atoms with van der Waals surface area (Å²) in [5.41, 5.74) is 0.216. The molecule has 9 heteroatoms. The van der Waals surface area contributed by atoms with Gasteiger partial charge in [0.1, 0.15) is 11.4 Å². The maximum absolute atomic E-state index is 11.9. The molecule has 136 valence electrons. The van der Waals surface area contributed by atoms with Gasteiger partial charge >= 0.3 is 5.97 Å². The van der Waals surface area contributed by atoms with Crippen LogP contribution in [0.5, 0.6) is 5.75 Å². The van der Waals surface area contributed by atoms with E-state index in [4.69, 9.17) is 21.1 Å². The molecule has 0 heterocycles. The van der Waals surface area contributed by atoms with Crippen LogP contribution in [0.2, 0.25) is 5.02 Å². The zero-order valence-electron chi connectivity index (χ0n) is 13.7. The largest absolute Gasteiger partial charge is 0.496 e. The molecule has 2 aromatic carbocycles. The summed E-state index contributed by atoms with van der Waals surface area (Å²) in [6.07, 6.45) is -0.0877. The lowest BCUT2D eigenvalue weighted by molar-refractivity contribution is -0.384. The van der Waals surface area contributed by atoms with E-state index in [9.17, 15) is 19.7 Å². The summed E-state index contributed by atoms with van der Waals surface area (Å²) < 4.78 is 9.79. The molecule has 8 nitrogen and oxygen atoms in total. The second-order valence-corrected chi connectivity index (χ2v) is 5.52. The Morgan fingerprint density at radius 2 is 1.96 bits per heavy atom. The quantitative estimate of drug-likeness (QED) is 0.451. The topological polar surface area (TPSA) is 108 Å². The number of anilines is 1. The predicted molar refractivity (Wildman–Crippen MR) is 94.4 cm³/mol. The van der Waals surface area contributed by atoms with E-state index < -0.39 is 23.4 Å². The first-order chi connectivity index (χ1) is 12.4. The standard InChI is InChI=1S/C17H15ClN2O6/c1-25-12-6-7-14(15(9-12)20(23)24)19-16(21)10-26-17(22)8-11-4-2-3-5-13(11)18/h2-7,9H,8,10H2,1H3,(H,19,21). The molecule has 0 aliphatic carbocycles. The highest BCUT2D eigenvalue weighted by molar-refractivity contribution is 6.31. The van der Waals surface area contributed by atoms with Crippen molar-refractivity contribution in [1.82, 2.24) is 0 Å². The fourth-order valence-corrected chi connectivity index (χ4v) is 2.28. The van der Waals surface area contributed by atoms with E-state index in [1.807, 2.05) is 0 Å². The van der Waals surface area contributed by atoms with E-state index >= 15 is 0 Å². The van der Waals surface area contributed by atoms with Crippen LogP contribution in [0.4, 0.5) is 11.4 Å². The van der Waals surface area contributed by atoms with Gasteiger partial charge in [-0.2, -0.15) is 0 Å². The summed E-state index contributed by atoms with van der Waals surface area (Å²) in [5, 5.41) is 13.8. The SMILES string of the molecule is COc1ccc(NC(=O)COC(=O)Cc2ccccc2Cl)c([N+](=O)[O-])c1. The van der Waals surface area contributed by atoms with E-state index in [-0.39, 0.29) is 23.5 Å². The Labute approximate surface area is 153 Å². The molecule has 26 heavy (non-hydrogen) atoms. The van der Waals surface area contributed by atoms with Crippen LogP contribution in [0.25, 0.3) is 0 Å². The molecule has 0 saturated heterocycles. The summed E-state index contributed by atoms with van der Waals surface area (Å²) >= 11 is 5.95. The molecule has 1 N–H and O–H groups in total. The molecular weight excluding hydrogens is 364 g/mol. The molecule has 0 spiro atoms. The highest BCUT2D eigenvalue weighted by Gasteiger charge is 2.18. The first-order valence-corrected chi connectivity index (χ1v) is 7.80. The summed E-state index contributed by atoms with van der Waals surface area (Å²) in [4.78, 5) is 34.1. The maximum atomic E-state index is 11.9. The van der Waals surface area contributed by atoms with Gasteiger partial charge in [0.15, 0.2) is 6.61 Å².